The molecule has 0 bridgehead atoms. The van der Waals surface area contributed by atoms with E-state index in [2.05, 4.69) is 29.2 Å². The van der Waals surface area contributed by atoms with Crippen molar-refractivity contribution in [2.75, 3.05) is 39.8 Å². The fourth-order valence-corrected chi connectivity index (χ4v) is 3.96. The van der Waals surface area contributed by atoms with Crippen LogP contribution in [0, 0.1) is 0 Å². The van der Waals surface area contributed by atoms with Crippen molar-refractivity contribution in [1.29, 1.82) is 0 Å². The molecule has 0 radical (unpaired) electrons. The second-order valence-corrected chi connectivity index (χ2v) is 8.10. The fraction of sp³-hybridized carbons (Fsp3) is 0.207. The number of hydrogen-bond acceptors (Lipinski definition) is 3. The van der Waals surface area contributed by atoms with E-state index in [0.29, 0.717) is 0 Å². The van der Waals surface area contributed by atoms with Crippen LogP contribution in [0.15, 0.2) is 91.0 Å². The molecule has 4 heteroatoms. The van der Waals surface area contributed by atoms with Crippen LogP contribution < -0.4 is 4.74 Å². The Morgan fingerprint density at radius 1 is 0.818 bits per heavy atom. The van der Waals surface area contributed by atoms with Crippen molar-refractivity contribution in [3.63, 3.8) is 0 Å². The minimum atomic E-state index is 0.0801. The van der Waals surface area contributed by atoms with Gasteiger partial charge in [0.1, 0.15) is 5.75 Å². The summed E-state index contributed by atoms with van der Waals surface area (Å²) in [5.74, 6) is 0.883. The molecule has 0 N–H and O–H groups in total. The second kappa shape index (κ2) is 11.3. The Kier molecular flexibility index (Phi) is 7.72. The van der Waals surface area contributed by atoms with Gasteiger partial charge in [-0.25, -0.2) is 0 Å². The molecule has 0 unspecified atom stereocenters. The summed E-state index contributed by atoms with van der Waals surface area (Å²) in [6.07, 6.45) is 6.33. The molecule has 0 aromatic heterocycles. The summed E-state index contributed by atoms with van der Waals surface area (Å²) in [7, 11) is 1.65. The molecule has 0 atom stereocenters. The Bertz CT molecular complexity index is 1080. The second-order valence-electron chi connectivity index (χ2n) is 8.10. The Balaban J connectivity index is 1.42. The third kappa shape index (κ3) is 6.21. The molecule has 3 aromatic rings. The molecule has 1 aliphatic rings. The van der Waals surface area contributed by atoms with Gasteiger partial charge < -0.3 is 9.64 Å². The van der Waals surface area contributed by atoms with E-state index in [-0.39, 0.29) is 5.91 Å². The van der Waals surface area contributed by atoms with Crippen LogP contribution in [0.4, 0.5) is 0 Å². The summed E-state index contributed by atoms with van der Waals surface area (Å²) in [5.41, 5.74) is 3.85. The predicted octanol–water partition coefficient (Wildman–Crippen LogP) is 5.09. The minimum absolute atomic E-state index is 0.0801. The summed E-state index contributed by atoms with van der Waals surface area (Å²) in [6.45, 7) is 4.09. The zero-order valence-corrected chi connectivity index (χ0v) is 19.1. The lowest BCUT2D eigenvalue weighted by Gasteiger charge is -2.34. The van der Waals surface area contributed by atoms with Crippen LogP contribution in [0.25, 0.3) is 17.7 Å². The van der Waals surface area contributed by atoms with Crippen LogP contribution >= 0.6 is 0 Å². The quantitative estimate of drug-likeness (QED) is 0.380. The molecule has 3 aromatic carbocycles. The van der Waals surface area contributed by atoms with Crippen molar-refractivity contribution in [3.05, 3.63) is 108 Å². The Morgan fingerprint density at radius 3 is 2.09 bits per heavy atom. The van der Waals surface area contributed by atoms with Crippen LogP contribution in [-0.4, -0.2) is 55.5 Å². The average molecular weight is 439 g/mol. The third-order valence-electron chi connectivity index (χ3n) is 5.87. The number of amides is 1. The lowest BCUT2D eigenvalue weighted by molar-refractivity contribution is -0.126. The maximum Gasteiger partial charge on any atom is 0.254 e. The van der Waals surface area contributed by atoms with Gasteiger partial charge in [0.05, 0.1) is 7.11 Å². The van der Waals surface area contributed by atoms with Crippen molar-refractivity contribution in [2.24, 2.45) is 0 Å². The van der Waals surface area contributed by atoms with Gasteiger partial charge in [0.15, 0.2) is 0 Å². The van der Waals surface area contributed by atoms with Crippen LogP contribution in [0.5, 0.6) is 5.75 Å². The largest absolute Gasteiger partial charge is 0.497 e. The molecule has 4 rings (SSSR count). The number of benzene rings is 3. The molecule has 0 aliphatic carbocycles. The SMILES string of the molecule is COc1ccc(/C=C(/C(=O)N2CCN(C/C=C/c3ccccc3)CC2)c2ccccc2)cc1. The van der Waals surface area contributed by atoms with E-state index in [1.165, 1.54) is 5.56 Å². The molecule has 168 valence electrons. The highest BCUT2D eigenvalue weighted by Gasteiger charge is 2.24. The van der Waals surface area contributed by atoms with E-state index in [0.717, 1.165) is 55.2 Å². The standard InChI is InChI=1S/C29H30N2O2/c1-33-27-16-14-25(15-17-27)23-28(26-12-6-3-7-13-26)29(32)31-21-19-30(20-22-31)18-8-11-24-9-4-2-5-10-24/h2-17,23H,18-22H2,1H3/b11-8+,28-23+. The molecule has 0 saturated carbocycles. The maximum absolute atomic E-state index is 13.5. The van der Waals surface area contributed by atoms with Crippen LogP contribution in [0.1, 0.15) is 16.7 Å². The van der Waals surface area contributed by atoms with Crippen LogP contribution in [0.2, 0.25) is 0 Å². The van der Waals surface area contributed by atoms with Gasteiger partial charge >= 0.3 is 0 Å². The lowest BCUT2D eigenvalue weighted by Crippen LogP contribution is -2.48. The highest BCUT2D eigenvalue weighted by molar-refractivity contribution is 6.24. The lowest BCUT2D eigenvalue weighted by atomic mass is 10.0. The van der Waals surface area contributed by atoms with Crippen molar-refractivity contribution >= 4 is 23.6 Å². The first kappa shape index (κ1) is 22.6. The number of ether oxygens (including phenoxy) is 1. The van der Waals surface area contributed by atoms with Gasteiger partial charge in [-0.2, -0.15) is 0 Å². The van der Waals surface area contributed by atoms with Gasteiger partial charge in [0.25, 0.3) is 5.91 Å². The van der Waals surface area contributed by atoms with E-state index in [1.54, 1.807) is 7.11 Å². The number of carbonyl (C=O) groups is 1. The van der Waals surface area contributed by atoms with Gasteiger partial charge in [-0.05, 0) is 34.9 Å². The van der Waals surface area contributed by atoms with Gasteiger partial charge in [-0.3, -0.25) is 9.69 Å². The maximum atomic E-state index is 13.5. The van der Waals surface area contributed by atoms with Gasteiger partial charge in [-0.1, -0.05) is 84.9 Å². The molecule has 1 amide bonds. The van der Waals surface area contributed by atoms with Crippen molar-refractivity contribution in [2.45, 2.75) is 0 Å². The number of piperazine rings is 1. The third-order valence-corrected chi connectivity index (χ3v) is 5.87. The number of carbonyl (C=O) groups excluding carboxylic acids is 1. The number of methoxy groups -OCH3 is 1. The summed E-state index contributed by atoms with van der Waals surface area (Å²) in [6, 6.07) is 28.0. The minimum Gasteiger partial charge on any atom is -0.497 e. The Labute approximate surface area is 196 Å². The summed E-state index contributed by atoms with van der Waals surface area (Å²) < 4.78 is 5.26. The molecule has 0 spiro atoms. The number of rotatable bonds is 7. The molecule has 1 heterocycles. The highest BCUT2D eigenvalue weighted by Crippen LogP contribution is 2.23. The smallest absolute Gasteiger partial charge is 0.254 e. The van der Waals surface area contributed by atoms with E-state index < -0.39 is 0 Å². The van der Waals surface area contributed by atoms with E-state index in [1.807, 2.05) is 83.8 Å². The first-order valence-electron chi connectivity index (χ1n) is 11.4. The first-order chi connectivity index (χ1) is 16.2. The fourth-order valence-electron chi connectivity index (χ4n) is 3.96. The Morgan fingerprint density at radius 2 is 1.45 bits per heavy atom. The van der Waals surface area contributed by atoms with Gasteiger partial charge in [0, 0.05) is 38.3 Å². The zero-order chi connectivity index (χ0) is 22.9. The zero-order valence-electron chi connectivity index (χ0n) is 19.1. The molecule has 1 aliphatic heterocycles. The van der Waals surface area contributed by atoms with Gasteiger partial charge in [0.2, 0.25) is 0 Å². The van der Waals surface area contributed by atoms with Crippen LogP contribution in [0.3, 0.4) is 0 Å². The summed E-state index contributed by atoms with van der Waals surface area (Å²) in [5, 5.41) is 0. The van der Waals surface area contributed by atoms with Crippen molar-refractivity contribution in [3.8, 4) is 5.75 Å². The van der Waals surface area contributed by atoms with E-state index >= 15 is 0 Å². The summed E-state index contributed by atoms with van der Waals surface area (Å²) in [4.78, 5) is 17.9. The highest BCUT2D eigenvalue weighted by atomic mass is 16.5. The molecule has 1 saturated heterocycles. The molecule has 33 heavy (non-hydrogen) atoms. The van der Waals surface area contributed by atoms with E-state index in [4.69, 9.17) is 4.74 Å². The number of nitrogens with zero attached hydrogens (tertiary/aromatic N) is 2. The monoisotopic (exact) mass is 438 g/mol. The molecule has 4 nitrogen and oxygen atoms in total. The average Bonchev–Trinajstić information content (AvgIpc) is 2.89. The topological polar surface area (TPSA) is 32.8 Å². The number of hydrogen-bond donors (Lipinski definition) is 0. The van der Waals surface area contributed by atoms with E-state index in [9.17, 15) is 4.79 Å². The predicted molar refractivity (Wildman–Crippen MR) is 136 cm³/mol. The van der Waals surface area contributed by atoms with Crippen molar-refractivity contribution in [1.82, 2.24) is 9.80 Å². The summed E-state index contributed by atoms with van der Waals surface area (Å²) >= 11 is 0. The Hall–Kier alpha value is -3.63. The van der Waals surface area contributed by atoms with Crippen molar-refractivity contribution < 1.29 is 9.53 Å². The van der Waals surface area contributed by atoms with Crippen LogP contribution in [-0.2, 0) is 4.79 Å². The first-order valence-corrected chi connectivity index (χ1v) is 11.4. The van der Waals surface area contributed by atoms with Gasteiger partial charge in [-0.15, -0.1) is 0 Å². The normalized spacial score (nSPS) is 15.1. The molecular weight excluding hydrogens is 408 g/mol. The molecular formula is C29H30N2O2. The molecule has 1 fully saturated rings.